The zero-order valence-corrected chi connectivity index (χ0v) is 10.7. The molecule has 100 valence electrons. The molecule has 17 heavy (non-hydrogen) atoms. The summed E-state index contributed by atoms with van der Waals surface area (Å²) in [4.78, 5) is 0. The van der Waals surface area contributed by atoms with Gasteiger partial charge in [-0.25, -0.2) is 0 Å². The molecule has 0 saturated heterocycles. The third-order valence-corrected chi connectivity index (χ3v) is 3.69. The Kier molecular flexibility index (Phi) is 4.44. The molecule has 0 heterocycles. The highest BCUT2D eigenvalue weighted by atomic mass is 32.2. The fourth-order valence-corrected chi connectivity index (χ4v) is 1.41. The Balaban J connectivity index is 5.09. The molecular formula is C10H15F3O3S. The molecule has 0 amide bonds. The topological polar surface area (TPSA) is 43.4 Å². The minimum Gasteiger partial charge on any atom is -0.381 e. The van der Waals surface area contributed by atoms with E-state index >= 15 is 0 Å². The molecule has 0 N–H and O–H groups in total. The zero-order chi connectivity index (χ0) is 14.1. The molecule has 0 radical (unpaired) electrons. The van der Waals surface area contributed by atoms with E-state index in [4.69, 9.17) is 0 Å². The zero-order valence-electron chi connectivity index (χ0n) is 9.84. The summed E-state index contributed by atoms with van der Waals surface area (Å²) >= 11 is 0. The molecule has 0 bridgehead atoms. The van der Waals surface area contributed by atoms with Gasteiger partial charge in [-0.3, -0.25) is 0 Å². The van der Waals surface area contributed by atoms with Gasteiger partial charge < -0.3 is 4.18 Å². The predicted molar refractivity (Wildman–Crippen MR) is 58.3 cm³/mol. The lowest BCUT2D eigenvalue weighted by molar-refractivity contribution is -0.0533. The van der Waals surface area contributed by atoms with E-state index in [0.717, 1.165) is 0 Å². The van der Waals surface area contributed by atoms with Crippen molar-refractivity contribution < 1.29 is 25.8 Å². The molecule has 1 atom stereocenters. The Morgan fingerprint density at radius 3 is 2.06 bits per heavy atom. The van der Waals surface area contributed by atoms with Gasteiger partial charge >= 0.3 is 15.6 Å². The molecule has 0 aliphatic carbocycles. The third kappa shape index (κ3) is 3.49. The average molecular weight is 272 g/mol. The number of rotatable bonds is 5. The minimum absolute atomic E-state index is 0.293. The average Bonchev–Trinajstić information content (AvgIpc) is 2.13. The highest BCUT2D eigenvalue weighted by molar-refractivity contribution is 7.87. The first-order valence-corrected chi connectivity index (χ1v) is 6.09. The highest BCUT2D eigenvalue weighted by Gasteiger charge is 2.50. The summed E-state index contributed by atoms with van der Waals surface area (Å²) in [6.07, 6.45) is 1.48. The van der Waals surface area contributed by atoms with Crippen molar-refractivity contribution in [3.63, 3.8) is 0 Å². The highest BCUT2D eigenvalue weighted by Crippen LogP contribution is 2.38. The molecular weight excluding hydrogens is 257 g/mol. The summed E-state index contributed by atoms with van der Waals surface area (Å²) in [7, 11) is -5.66. The van der Waals surface area contributed by atoms with Gasteiger partial charge in [0.15, 0.2) is 0 Å². The Morgan fingerprint density at radius 1 is 1.35 bits per heavy atom. The van der Waals surface area contributed by atoms with Crippen LogP contribution in [0.5, 0.6) is 0 Å². The second-order valence-electron chi connectivity index (χ2n) is 4.15. The van der Waals surface area contributed by atoms with Crippen LogP contribution in [-0.2, 0) is 14.3 Å². The molecule has 1 unspecified atom stereocenters. The Bertz CT molecular complexity index is 407. The fraction of sp³-hybridized carbons (Fsp3) is 0.600. The molecule has 7 heteroatoms. The van der Waals surface area contributed by atoms with E-state index in [2.05, 4.69) is 17.3 Å². The smallest absolute Gasteiger partial charge is 0.381 e. The molecule has 0 aliphatic heterocycles. The van der Waals surface area contributed by atoms with Gasteiger partial charge in [-0.05, 0) is 5.92 Å². The monoisotopic (exact) mass is 272 g/mol. The van der Waals surface area contributed by atoms with Gasteiger partial charge in [-0.1, -0.05) is 33.4 Å². The van der Waals surface area contributed by atoms with Crippen LogP contribution in [0, 0.1) is 11.3 Å². The van der Waals surface area contributed by atoms with Crippen LogP contribution in [0.4, 0.5) is 13.2 Å². The lowest BCUT2D eigenvalue weighted by Gasteiger charge is -2.30. The minimum atomic E-state index is -5.66. The van der Waals surface area contributed by atoms with Crippen molar-refractivity contribution in [2.75, 3.05) is 0 Å². The Morgan fingerprint density at radius 2 is 1.76 bits per heavy atom. The summed E-state index contributed by atoms with van der Waals surface area (Å²) in [6.45, 7) is 11.4. The van der Waals surface area contributed by atoms with E-state index < -0.39 is 26.8 Å². The van der Waals surface area contributed by atoms with E-state index in [-0.39, 0.29) is 5.92 Å². The first-order valence-electron chi connectivity index (χ1n) is 4.69. The van der Waals surface area contributed by atoms with Crippen molar-refractivity contribution in [3.05, 3.63) is 25.0 Å². The van der Waals surface area contributed by atoms with Gasteiger partial charge in [0.05, 0.1) is 0 Å². The van der Waals surface area contributed by atoms with Crippen LogP contribution in [0.25, 0.3) is 0 Å². The quantitative estimate of drug-likeness (QED) is 0.334. The standard InChI is InChI=1S/C10H15F3O3S/c1-6-7(2)9(4,5)8(3)16-17(14,15)10(11,12)13/h6-7H,1,3H2,2,4-5H3. The van der Waals surface area contributed by atoms with Crippen molar-refractivity contribution in [2.24, 2.45) is 11.3 Å². The van der Waals surface area contributed by atoms with Crippen LogP contribution in [-0.4, -0.2) is 13.9 Å². The molecule has 0 fully saturated rings. The maximum absolute atomic E-state index is 12.1. The molecule has 0 aromatic carbocycles. The van der Waals surface area contributed by atoms with E-state index in [1.165, 1.54) is 19.9 Å². The molecule has 0 spiro atoms. The van der Waals surface area contributed by atoms with Gasteiger partial charge in [0.1, 0.15) is 5.76 Å². The van der Waals surface area contributed by atoms with Gasteiger partial charge in [0.25, 0.3) is 0 Å². The number of allylic oxidation sites excluding steroid dienone is 2. The Labute approximate surface area is 99.1 Å². The van der Waals surface area contributed by atoms with Crippen molar-refractivity contribution in [2.45, 2.75) is 26.3 Å². The number of halogens is 3. The lowest BCUT2D eigenvalue weighted by atomic mass is 9.79. The summed E-state index contributed by atoms with van der Waals surface area (Å²) in [5.74, 6) is -0.763. The maximum Gasteiger partial charge on any atom is 0.534 e. The van der Waals surface area contributed by atoms with Gasteiger partial charge in [-0.15, -0.1) is 6.58 Å². The van der Waals surface area contributed by atoms with Gasteiger partial charge in [0.2, 0.25) is 0 Å². The summed E-state index contributed by atoms with van der Waals surface area (Å²) in [5.41, 5.74) is -6.43. The van der Waals surface area contributed by atoms with Crippen LogP contribution in [0.2, 0.25) is 0 Å². The van der Waals surface area contributed by atoms with Crippen LogP contribution < -0.4 is 0 Å². The normalized spacial score (nSPS) is 15.2. The summed E-state index contributed by atoms with van der Waals surface area (Å²) in [5, 5.41) is 0. The van der Waals surface area contributed by atoms with Crippen LogP contribution >= 0.6 is 0 Å². The second kappa shape index (κ2) is 4.72. The number of hydrogen-bond donors (Lipinski definition) is 0. The predicted octanol–water partition coefficient (Wildman–Crippen LogP) is 3.21. The van der Waals surface area contributed by atoms with Crippen molar-refractivity contribution in [1.29, 1.82) is 0 Å². The molecule has 0 aromatic heterocycles. The first kappa shape index (κ1) is 16.0. The summed E-state index contributed by atoms with van der Waals surface area (Å²) in [6, 6.07) is 0. The van der Waals surface area contributed by atoms with E-state index in [0.29, 0.717) is 0 Å². The number of alkyl halides is 3. The van der Waals surface area contributed by atoms with Crippen molar-refractivity contribution >= 4 is 10.1 Å². The maximum atomic E-state index is 12.1. The van der Waals surface area contributed by atoms with Crippen LogP contribution in [0.15, 0.2) is 25.0 Å². The van der Waals surface area contributed by atoms with E-state index in [1.807, 2.05) is 0 Å². The van der Waals surface area contributed by atoms with Gasteiger partial charge in [-0.2, -0.15) is 21.6 Å². The Hall–Kier alpha value is -0.980. The van der Waals surface area contributed by atoms with Crippen molar-refractivity contribution in [1.82, 2.24) is 0 Å². The molecule has 0 saturated carbocycles. The van der Waals surface area contributed by atoms with Crippen LogP contribution in [0.3, 0.4) is 0 Å². The van der Waals surface area contributed by atoms with Crippen LogP contribution in [0.1, 0.15) is 20.8 Å². The van der Waals surface area contributed by atoms with E-state index in [1.54, 1.807) is 6.92 Å². The fourth-order valence-electron chi connectivity index (χ4n) is 0.836. The van der Waals surface area contributed by atoms with Gasteiger partial charge in [0, 0.05) is 5.41 Å². The van der Waals surface area contributed by atoms with Crippen molar-refractivity contribution in [3.8, 4) is 0 Å². The number of hydrogen-bond acceptors (Lipinski definition) is 3. The largest absolute Gasteiger partial charge is 0.534 e. The molecule has 0 aromatic rings. The van der Waals surface area contributed by atoms with E-state index in [9.17, 15) is 21.6 Å². The first-order chi connectivity index (χ1) is 7.36. The lowest BCUT2D eigenvalue weighted by Crippen LogP contribution is -2.31. The third-order valence-electron chi connectivity index (χ3n) is 2.70. The molecule has 0 aliphatic rings. The summed E-state index contributed by atoms with van der Waals surface area (Å²) < 4.78 is 61.8. The SMILES string of the molecule is C=CC(C)C(C)(C)C(=C)OS(=O)(=O)C(F)(F)F. The molecule has 3 nitrogen and oxygen atoms in total. The second-order valence-corrected chi connectivity index (χ2v) is 5.69. The molecule has 0 rings (SSSR count).